The zero-order chi connectivity index (χ0) is 31.5. The Morgan fingerprint density at radius 1 is 0.780 bits per heavy atom. The second-order valence-corrected chi connectivity index (χ2v) is 25.1. The summed E-state index contributed by atoms with van der Waals surface area (Å²) in [4.78, 5) is 22.3. The number of esters is 1. The van der Waals surface area contributed by atoms with Gasteiger partial charge in [-0.1, -0.05) is 86.5 Å². The van der Waals surface area contributed by atoms with E-state index in [4.69, 9.17) is 13.6 Å². The molecule has 1 saturated carbocycles. The van der Waals surface area contributed by atoms with Crippen molar-refractivity contribution in [3.63, 3.8) is 0 Å². The van der Waals surface area contributed by atoms with Crippen molar-refractivity contribution in [2.75, 3.05) is 7.11 Å². The van der Waals surface area contributed by atoms with Crippen LogP contribution < -0.4 is 0 Å². The Morgan fingerprint density at radius 2 is 1.20 bits per heavy atom. The fraction of sp³-hybridized carbons (Fsp3) is 0.939. The van der Waals surface area contributed by atoms with Gasteiger partial charge >= 0.3 is 5.97 Å². The van der Waals surface area contributed by atoms with Gasteiger partial charge in [-0.2, -0.15) is 0 Å². The van der Waals surface area contributed by atoms with Crippen LogP contribution in [0, 0.1) is 11.8 Å². The van der Waals surface area contributed by atoms with E-state index in [2.05, 4.69) is 67.7 Å². The number of aliphatic hydroxyl groups excluding tert-OH is 1. The molecule has 1 rings (SSSR count). The number of hydrogen-bond acceptors (Lipinski definition) is 6. The van der Waals surface area contributed by atoms with E-state index in [1.54, 1.807) is 0 Å². The summed E-state index contributed by atoms with van der Waals surface area (Å²) >= 11 is 0. The molecule has 0 aliphatic heterocycles. The van der Waals surface area contributed by atoms with Crippen LogP contribution in [-0.4, -0.2) is 59.4 Å². The van der Waals surface area contributed by atoms with Crippen molar-refractivity contribution in [1.29, 1.82) is 0 Å². The van der Waals surface area contributed by atoms with Gasteiger partial charge in [-0.15, -0.1) is 0 Å². The van der Waals surface area contributed by atoms with Crippen molar-refractivity contribution in [3.8, 4) is 0 Å². The summed E-state index contributed by atoms with van der Waals surface area (Å²) in [6.45, 7) is 23.5. The minimum atomic E-state index is -1.96. The third-order valence-corrected chi connectivity index (χ3v) is 19.3. The largest absolute Gasteiger partial charge is 0.469 e. The van der Waals surface area contributed by atoms with Crippen LogP contribution in [0.3, 0.4) is 0 Å². The van der Waals surface area contributed by atoms with Gasteiger partial charge in [-0.05, 0) is 80.2 Å². The molecule has 0 saturated heterocycles. The molecule has 0 aromatic rings. The number of aliphatic hydroxyl groups is 1. The second kappa shape index (κ2) is 17.1. The number of methoxy groups -OCH3 is 1. The average molecular weight is 615 g/mol. The summed E-state index contributed by atoms with van der Waals surface area (Å²) in [5.74, 6) is 0.848. The minimum absolute atomic E-state index is 0.116. The summed E-state index contributed by atoms with van der Waals surface area (Å²) in [5.41, 5.74) is 0. The van der Waals surface area contributed by atoms with Crippen molar-refractivity contribution in [3.05, 3.63) is 0 Å². The highest BCUT2D eigenvalue weighted by atomic mass is 28.4. The van der Waals surface area contributed by atoms with Gasteiger partial charge in [0.25, 0.3) is 0 Å². The molecule has 1 aliphatic carbocycles. The topological polar surface area (TPSA) is 82.1 Å². The molecule has 242 valence electrons. The first-order valence-electron chi connectivity index (χ1n) is 16.4. The molecule has 0 spiro atoms. The number of carbonyl (C=O) groups is 2. The maximum Gasteiger partial charge on any atom is 0.305 e. The number of rotatable bonds is 19. The first-order valence-corrected chi connectivity index (χ1v) is 22.2. The summed E-state index contributed by atoms with van der Waals surface area (Å²) in [5, 5.41) is 9.89. The highest BCUT2D eigenvalue weighted by Gasteiger charge is 2.50. The molecule has 0 amide bonds. The van der Waals surface area contributed by atoms with E-state index in [1.165, 1.54) is 7.11 Å². The molecule has 0 bridgehead atoms. The predicted molar refractivity (Wildman–Crippen MR) is 175 cm³/mol. The highest BCUT2D eigenvalue weighted by Crippen LogP contribution is 2.49. The fourth-order valence-corrected chi connectivity index (χ4v) is 8.33. The molecule has 1 fully saturated rings. The zero-order valence-corrected chi connectivity index (χ0v) is 30.6. The van der Waals surface area contributed by atoms with Crippen LogP contribution in [0.25, 0.3) is 0 Å². The molecule has 0 heterocycles. The van der Waals surface area contributed by atoms with Crippen LogP contribution in [0.2, 0.25) is 36.3 Å². The highest BCUT2D eigenvalue weighted by molar-refractivity contribution is 6.74. The van der Waals surface area contributed by atoms with E-state index in [0.29, 0.717) is 31.0 Å². The Hall–Kier alpha value is -0.546. The summed E-state index contributed by atoms with van der Waals surface area (Å²) in [6, 6.07) is 0. The molecule has 8 heteroatoms. The van der Waals surface area contributed by atoms with E-state index in [9.17, 15) is 14.7 Å². The minimum Gasteiger partial charge on any atom is -0.469 e. The first kappa shape index (κ1) is 38.5. The third-order valence-electron chi connectivity index (χ3n) is 10.3. The van der Waals surface area contributed by atoms with E-state index >= 15 is 0 Å². The molecule has 1 N–H and O–H groups in total. The molecular weight excluding hydrogens is 549 g/mol. The van der Waals surface area contributed by atoms with Gasteiger partial charge < -0.3 is 23.5 Å². The van der Waals surface area contributed by atoms with Gasteiger partial charge in [0.15, 0.2) is 16.6 Å². The Kier molecular flexibility index (Phi) is 16.0. The van der Waals surface area contributed by atoms with Crippen LogP contribution >= 0.6 is 0 Å². The lowest BCUT2D eigenvalue weighted by atomic mass is 9.85. The molecule has 5 atom stereocenters. The van der Waals surface area contributed by atoms with Gasteiger partial charge in [0.05, 0.1) is 19.3 Å². The van der Waals surface area contributed by atoms with Crippen LogP contribution in [0.5, 0.6) is 0 Å². The Balaban J connectivity index is 3.08. The van der Waals surface area contributed by atoms with Gasteiger partial charge in [-0.3, -0.25) is 4.79 Å². The van der Waals surface area contributed by atoms with Crippen LogP contribution in [0.1, 0.15) is 125 Å². The standard InChI is InChI=1S/C33H66O6Si2/c1-32(2,3)40(8,9)38-29-24-30(39-41(10,11)33(4,5)6)28(22-18-14-15-19-23-31(36)37-7)27(29)21-17-13-12-16-20-26(35)25-34/h25-30,35H,12-24H2,1-11H3. The Bertz CT molecular complexity index is 771. The van der Waals surface area contributed by atoms with Gasteiger partial charge in [0.2, 0.25) is 0 Å². The molecule has 1 aliphatic rings. The fourth-order valence-electron chi connectivity index (χ4n) is 5.57. The average Bonchev–Trinajstić information content (AvgIpc) is 3.15. The Labute approximate surface area is 255 Å². The maximum atomic E-state index is 11.5. The number of hydrogen-bond donors (Lipinski definition) is 1. The van der Waals surface area contributed by atoms with Crippen LogP contribution in [0.15, 0.2) is 0 Å². The second-order valence-electron chi connectivity index (χ2n) is 15.6. The van der Waals surface area contributed by atoms with Crippen LogP contribution in [0.4, 0.5) is 0 Å². The predicted octanol–water partition coefficient (Wildman–Crippen LogP) is 8.82. The number of ether oxygens (including phenoxy) is 1. The number of unbranched alkanes of at least 4 members (excludes halogenated alkanes) is 6. The quantitative estimate of drug-likeness (QED) is 0.0677. The van der Waals surface area contributed by atoms with Crippen molar-refractivity contribution in [2.45, 2.75) is 180 Å². The third kappa shape index (κ3) is 12.9. The van der Waals surface area contributed by atoms with Crippen molar-refractivity contribution in [2.24, 2.45) is 11.8 Å². The summed E-state index contributed by atoms with van der Waals surface area (Å²) in [7, 11) is -2.45. The summed E-state index contributed by atoms with van der Waals surface area (Å²) < 4.78 is 19.2. The molecule has 0 radical (unpaired) electrons. The first-order chi connectivity index (χ1) is 18.9. The van der Waals surface area contributed by atoms with Crippen molar-refractivity contribution in [1.82, 2.24) is 0 Å². The lowest BCUT2D eigenvalue weighted by Crippen LogP contribution is -2.45. The smallest absolute Gasteiger partial charge is 0.305 e. The van der Waals surface area contributed by atoms with Gasteiger partial charge in [-0.25, -0.2) is 0 Å². The number of aldehydes is 1. The molecule has 41 heavy (non-hydrogen) atoms. The van der Waals surface area contributed by atoms with E-state index in [-0.39, 0.29) is 28.3 Å². The van der Waals surface area contributed by atoms with Crippen molar-refractivity contribution < 1.29 is 28.3 Å². The van der Waals surface area contributed by atoms with E-state index in [1.807, 2.05) is 0 Å². The van der Waals surface area contributed by atoms with Crippen LogP contribution in [-0.2, 0) is 23.2 Å². The lowest BCUT2D eigenvalue weighted by molar-refractivity contribution is -0.140. The van der Waals surface area contributed by atoms with Gasteiger partial charge in [0.1, 0.15) is 12.4 Å². The SMILES string of the molecule is COC(=O)CCCCCCC1C(O[Si](C)(C)C(C)(C)C)CC(O[Si](C)(C)C(C)(C)C)C1CCCCCCC(O)C=O. The molecule has 0 aromatic carbocycles. The molecule has 6 nitrogen and oxygen atoms in total. The zero-order valence-electron chi connectivity index (χ0n) is 28.6. The maximum absolute atomic E-state index is 11.5. The molecular formula is C33H66O6Si2. The number of carbonyl (C=O) groups excluding carboxylic acids is 2. The van der Waals surface area contributed by atoms with E-state index < -0.39 is 22.7 Å². The molecule has 5 unspecified atom stereocenters. The van der Waals surface area contributed by atoms with Crippen molar-refractivity contribution >= 4 is 28.9 Å². The summed E-state index contributed by atoms with van der Waals surface area (Å²) in [6.07, 6.45) is 13.0. The normalized spacial score (nSPS) is 23.0. The monoisotopic (exact) mass is 614 g/mol. The lowest BCUT2D eigenvalue weighted by Gasteiger charge is -2.40. The van der Waals surface area contributed by atoms with E-state index in [0.717, 1.165) is 70.6 Å². The van der Waals surface area contributed by atoms with Gasteiger partial charge in [0, 0.05) is 6.42 Å². The molecule has 0 aromatic heterocycles. The Morgan fingerprint density at radius 3 is 1.59 bits per heavy atom.